The predicted octanol–water partition coefficient (Wildman–Crippen LogP) is -0.663. The fourth-order valence-electron chi connectivity index (χ4n) is 0.617. The van der Waals surface area contributed by atoms with Crippen LogP contribution in [0.15, 0.2) is 0 Å². The molecular formula is C7H14O4. The molecule has 2 N–H and O–H groups in total. The molecule has 4 heteroatoms. The van der Waals surface area contributed by atoms with Crippen LogP contribution in [0.3, 0.4) is 0 Å². The topological polar surface area (TPSA) is 66.8 Å². The zero-order valence-corrected chi connectivity index (χ0v) is 6.45. The van der Waals surface area contributed by atoms with Gasteiger partial charge in [-0.1, -0.05) is 0 Å². The Morgan fingerprint density at radius 3 is 2.55 bits per heavy atom. The quantitative estimate of drug-likeness (QED) is 0.487. The number of ketones is 1. The van der Waals surface area contributed by atoms with E-state index in [1.54, 1.807) is 0 Å². The molecule has 0 amide bonds. The van der Waals surface area contributed by atoms with Crippen molar-refractivity contribution in [3.05, 3.63) is 0 Å². The Morgan fingerprint density at radius 2 is 2.00 bits per heavy atom. The van der Waals surface area contributed by atoms with Gasteiger partial charge in [0.1, 0.15) is 6.61 Å². The van der Waals surface area contributed by atoms with Crippen LogP contribution in [0.4, 0.5) is 0 Å². The lowest BCUT2D eigenvalue weighted by Crippen LogP contribution is -2.06. The Morgan fingerprint density at radius 1 is 1.27 bits per heavy atom. The molecule has 0 aliphatic carbocycles. The third-order valence-electron chi connectivity index (χ3n) is 1.16. The summed E-state index contributed by atoms with van der Waals surface area (Å²) in [6.45, 7) is 0.396. The lowest BCUT2D eigenvalue weighted by Gasteiger charge is -1.99. The zero-order chi connectivity index (χ0) is 8.53. The second-order valence-corrected chi connectivity index (χ2v) is 2.14. The first kappa shape index (κ1) is 10.6. The standard InChI is InChI=1S/C7H14O4/c8-3-5-11-4-1-2-7(10)6-9/h8-9H,1-6H2. The summed E-state index contributed by atoms with van der Waals surface area (Å²) in [7, 11) is 0. The van der Waals surface area contributed by atoms with Crippen LogP contribution in [0.2, 0.25) is 0 Å². The molecule has 66 valence electrons. The number of aliphatic hydroxyl groups excluding tert-OH is 2. The zero-order valence-electron chi connectivity index (χ0n) is 6.45. The molecule has 11 heavy (non-hydrogen) atoms. The summed E-state index contributed by atoms with van der Waals surface area (Å²) in [5, 5.41) is 16.6. The molecule has 0 rings (SSSR count). The van der Waals surface area contributed by atoms with Gasteiger partial charge in [0.05, 0.1) is 13.2 Å². The van der Waals surface area contributed by atoms with Crippen molar-refractivity contribution in [1.82, 2.24) is 0 Å². The largest absolute Gasteiger partial charge is 0.394 e. The van der Waals surface area contributed by atoms with Gasteiger partial charge in [-0.25, -0.2) is 0 Å². The van der Waals surface area contributed by atoms with Crippen molar-refractivity contribution in [3.8, 4) is 0 Å². The predicted molar refractivity (Wildman–Crippen MR) is 39.2 cm³/mol. The molecule has 0 saturated carbocycles. The van der Waals surface area contributed by atoms with E-state index in [0.29, 0.717) is 26.1 Å². The van der Waals surface area contributed by atoms with Crippen LogP contribution < -0.4 is 0 Å². The number of aliphatic hydroxyl groups is 2. The number of hydrogen-bond acceptors (Lipinski definition) is 4. The molecule has 0 bridgehead atoms. The van der Waals surface area contributed by atoms with Crippen LogP contribution in [0, 0.1) is 0 Å². The van der Waals surface area contributed by atoms with Gasteiger partial charge in [0, 0.05) is 13.0 Å². The van der Waals surface area contributed by atoms with Crippen LogP contribution in [0.1, 0.15) is 12.8 Å². The van der Waals surface area contributed by atoms with Gasteiger partial charge in [-0.05, 0) is 6.42 Å². The fourth-order valence-corrected chi connectivity index (χ4v) is 0.617. The number of carbonyl (C=O) groups is 1. The van der Waals surface area contributed by atoms with Crippen molar-refractivity contribution in [2.45, 2.75) is 12.8 Å². The molecule has 0 aromatic carbocycles. The molecule has 0 aliphatic rings. The van der Waals surface area contributed by atoms with Crippen molar-refractivity contribution >= 4 is 5.78 Å². The van der Waals surface area contributed by atoms with Crippen LogP contribution in [-0.4, -0.2) is 42.4 Å². The van der Waals surface area contributed by atoms with E-state index in [4.69, 9.17) is 14.9 Å². The number of hydrogen-bond donors (Lipinski definition) is 2. The molecule has 0 atom stereocenters. The van der Waals surface area contributed by atoms with Crippen molar-refractivity contribution in [3.63, 3.8) is 0 Å². The Hall–Kier alpha value is -0.450. The van der Waals surface area contributed by atoms with Gasteiger partial charge < -0.3 is 14.9 Å². The van der Waals surface area contributed by atoms with E-state index >= 15 is 0 Å². The smallest absolute Gasteiger partial charge is 0.158 e. The van der Waals surface area contributed by atoms with Gasteiger partial charge in [-0.15, -0.1) is 0 Å². The number of Topliss-reactive ketones (excluding diaryl/α,β-unsaturated/α-hetero) is 1. The van der Waals surface area contributed by atoms with E-state index in [2.05, 4.69) is 0 Å². The third kappa shape index (κ3) is 7.45. The monoisotopic (exact) mass is 162 g/mol. The molecular weight excluding hydrogens is 148 g/mol. The van der Waals surface area contributed by atoms with E-state index < -0.39 is 0 Å². The summed E-state index contributed by atoms with van der Waals surface area (Å²) < 4.78 is 4.89. The summed E-state index contributed by atoms with van der Waals surface area (Å²) in [5.41, 5.74) is 0. The lowest BCUT2D eigenvalue weighted by atomic mass is 10.2. The number of ether oxygens (including phenoxy) is 1. The normalized spacial score (nSPS) is 10.0. The second kappa shape index (κ2) is 7.65. The highest BCUT2D eigenvalue weighted by Gasteiger charge is 1.97. The molecule has 0 aliphatic heterocycles. The van der Waals surface area contributed by atoms with Crippen LogP contribution >= 0.6 is 0 Å². The maximum atomic E-state index is 10.5. The summed E-state index contributed by atoms with van der Waals surface area (Å²) in [6, 6.07) is 0. The van der Waals surface area contributed by atoms with E-state index in [0.717, 1.165) is 0 Å². The molecule has 0 radical (unpaired) electrons. The van der Waals surface area contributed by atoms with Gasteiger partial charge in [0.25, 0.3) is 0 Å². The molecule has 0 aromatic rings. The molecule has 0 saturated heterocycles. The Balaban J connectivity index is 2.95. The van der Waals surface area contributed by atoms with Crippen molar-refractivity contribution in [2.75, 3.05) is 26.4 Å². The maximum absolute atomic E-state index is 10.5. The first-order valence-electron chi connectivity index (χ1n) is 3.62. The molecule has 0 heterocycles. The van der Waals surface area contributed by atoms with Crippen molar-refractivity contribution in [2.24, 2.45) is 0 Å². The van der Waals surface area contributed by atoms with E-state index in [-0.39, 0.29) is 19.0 Å². The molecule has 0 aromatic heterocycles. The first-order chi connectivity index (χ1) is 5.31. The third-order valence-corrected chi connectivity index (χ3v) is 1.16. The summed E-state index contributed by atoms with van der Waals surface area (Å²) in [6.07, 6.45) is 0.960. The van der Waals surface area contributed by atoms with Crippen molar-refractivity contribution in [1.29, 1.82) is 0 Å². The molecule has 4 nitrogen and oxygen atoms in total. The average Bonchev–Trinajstić information content (AvgIpc) is 2.04. The van der Waals surface area contributed by atoms with Gasteiger partial charge >= 0.3 is 0 Å². The second-order valence-electron chi connectivity index (χ2n) is 2.14. The number of carbonyl (C=O) groups excluding carboxylic acids is 1. The molecule has 0 fully saturated rings. The van der Waals surface area contributed by atoms with Crippen LogP contribution in [-0.2, 0) is 9.53 Å². The molecule has 0 unspecified atom stereocenters. The highest BCUT2D eigenvalue weighted by atomic mass is 16.5. The molecule has 0 spiro atoms. The lowest BCUT2D eigenvalue weighted by molar-refractivity contribution is -0.122. The van der Waals surface area contributed by atoms with Crippen molar-refractivity contribution < 1.29 is 19.7 Å². The average molecular weight is 162 g/mol. The van der Waals surface area contributed by atoms with Gasteiger partial charge in [0.15, 0.2) is 5.78 Å². The Bertz CT molecular complexity index is 103. The highest BCUT2D eigenvalue weighted by Crippen LogP contribution is 1.90. The minimum absolute atomic E-state index is 0.00788. The number of rotatable bonds is 7. The van der Waals surface area contributed by atoms with Crippen LogP contribution in [0.5, 0.6) is 0 Å². The minimum atomic E-state index is -0.389. The summed E-state index contributed by atoms with van der Waals surface area (Å²) >= 11 is 0. The van der Waals surface area contributed by atoms with Gasteiger partial charge in [-0.2, -0.15) is 0 Å². The van der Waals surface area contributed by atoms with E-state index in [1.165, 1.54) is 0 Å². The minimum Gasteiger partial charge on any atom is -0.394 e. The van der Waals surface area contributed by atoms with E-state index in [1.807, 2.05) is 0 Å². The summed E-state index contributed by atoms with van der Waals surface area (Å²) in [4.78, 5) is 10.5. The van der Waals surface area contributed by atoms with E-state index in [9.17, 15) is 4.79 Å². The Kier molecular flexibility index (Phi) is 7.34. The van der Waals surface area contributed by atoms with Crippen LogP contribution in [0.25, 0.3) is 0 Å². The van der Waals surface area contributed by atoms with Gasteiger partial charge in [-0.3, -0.25) is 4.79 Å². The fraction of sp³-hybridized carbons (Fsp3) is 0.857. The maximum Gasteiger partial charge on any atom is 0.158 e. The Labute approximate surface area is 65.8 Å². The first-order valence-corrected chi connectivity index (χ1v) is 3.62. The summed E-state index contributed by atoms with van der Waals surface area (Å²) in [5.74, 6) is -0.169. The van der Waals surface area contributed by atoms with Gasteiger partial charge in [0.2, 0.25) is 0 Å². The highest BCUT2D eigenvalue weighted by molar-refractivity contribution is 5.79. The SMILES string of the molecule is O=C(CO)CCCOCCO.